The molecule has 1 aromatic rings. The van der Waals surface area contributed by atoms with E-state index in [1.807, 2.05) is 4.90 Å². The van der Waals surface area contributed by atoms with Crippen LogP contribution in [0, 0.1) is 0 Å². The lowest BCUT2D eigenvalue weighted by molar-refractivity contribution is -0.131. The number of amides is 1. The van der Waals surface area contributed by atoms with Gasteiger partial charge >= 0.3 is 0 Å². The Morgan fingerprint density at radius 1 is 1.56 bits per heavy atom. The van der Waals surface area contributed by atoms with E-state index in [2.05, 4.69) is 17.8 Å². The van der Waals surface area contributed by atoms with Crippen molar-refractivity contribution in [1.29, 1.82) is 0 Å². The zero-order valence-electron chi connectivity index (χ0n) is 10.2. The van der Waals surface area contributed by atoms with Gasteiger partial charge in [-0.05, 0) is 18.6 Å². The van der Waals surface area contributed by atoms with Crippen molar-refractivity contribution in [1.82, 2.24) is 10.1 Å². The summed E-state index contributed by atoms with van der Waals surface area (Å²) in [5.41, 5.74) is 0.889. The average Bonchev–Trinajstić information content (AvgIpc) is 2.88. The van der Waals surface area contributed by atoms with Crippen molar-refractivity contribution in [3.63, 3.8) is 0 Å². The van der Waals surface area contributed by atoms with Crippen molar-refractivity contribution in [3.8, 4) is 0 Å². The van der Waals surface area contributed by atoms with Crippen molar-refractivity contribution < 1.29 is 14.4 Å². The zero-order chi connectivity index (χ0) is 13.0. The first kappa shape index (κ1) is 13.4. The molecule has 2 heterocycles. The standard InChI is InChI=1S/C12H18N2O3S/c15-8-10-7-11(13-17-10)9-1-4-14(5-2-9)12(16)3-6-18/h7,9,15,18H,1-6,8H2. The van der Waals surface area contributed by atoms with Crippen LogP contribution in [0.1, 0.15) is 36.6 Å². The average molecular weight is 270 g/mol. The highest BCUT2D eigenvalue weighted by Gasteiger charge is 2.25. The molecule has 6 heteroatoms. The van der Waals surface area contributed by atoms with Crippen LogP contribution in [0.3, 0.4) is 0 Å². The number of carbonyl (C=O) groups is 1. The topological polar surface area (TPSA) is 66.6 Å². The summed E-state index contributed by atoms with van der Waals surface area (Å²) in [5.74, 6) is 1.61. The number of aromatic nitrogens is 1. The molecule has 0 saturated carbocycles. The number of aliphatic hydroxyl groups excluding tert-OH is 1. The van der Waals surface area contributed by atoms with Crippen LogP contribution in [0.2, 0.25) is 0 Å². The molecule has 1 fully saturated rings. The van der Waals surface area contributed by atoms with Gasteiger partial charge in [0.1, 0.15) is 6.61 Å². The highest BCUT2D eigenvalue weighted by atomic mass is 32.1. The number of hydrogen-bond donors (Lipinski definition) is 2. The van der Waals surface area contributed by atoms with Crippen molar-refractivity contribution in [3.05, 3.63) is 17.5 Å². The Morgan fingerprint density at radius 2 is 2.28 bits per heavy atom. The lowest BCUT2D eigenvalue weighted by Gasteiger charge is -2.31. The predicted octanol–water partition coefficient (Wildman–Crippen LogP) is 1.19. The Balaban J connectivity index is 1.88. The van der Waals surface area contributed by atoms with E-state index in [-0.39, 0.29) is 12.5 Å². The van der Waals surface area contributed by atoms with E-state index in [0.29, 0.717) is 23.9 Å². The number of hydrogen-bond acceptors (Lipinski definition) is 5. The molecular weight excluding hydrogens is 252 g/mol. The highest BCUT2D eigenvalue weighted by molar-refractivity contribution is 7.80. The molecule has 0 bridgehead atoms. The van der Waals surface area contributed by atoms with Crippen LogP contribution in [0.25, 0.3) is 0 Å². The van der Waals surface area contributed by atoms with Gasteiger partial charge in [0.15, 0.2) is 5.76 Å². The molecule has 0 aromatic carbocycles. The van der Waals surface area contributed by atoms with Gasteiger partial charge in [-0.25, -0.2) is 0 Å². The van der Waals surface area contributed by atoms with E-state index in [0.717, 1.165) is 31.6 Å². The Morgan fingerprint density at radius 3 is 2.83 bits per heavy atom. The van der Waals surface area contributed by atoms with Crippen LogP contribution in [0.15, 0.2) is 10.6 Å². The summed E-state index contributed by atoms with van der Waals surface area (Å²) < 4.78 is 4.99. The monoisotopic (exact) mass is 270 g/mol. The largest absolute Gasteiger partial charge is 0.388 e. The van der Waals surface area contributed by atoms with Crippen molar-refractivity contribution in [2.45, 2.75) is 31.8 Å². The molecule has 1 aromatic heterocycles. The van der Waals surface area contributed by atoms with Gasteiger partial charge in [-0.2, -0.15) is 12.6 Å². The first-order valence-electron chi connectivity index (χ1n) is 6.19. The minimum absolute atomic E-state index is 0.119. The highest BCUT2D eigenvalue weighted by Crippen LogP contribution is 2.27. The van der Waals surface area contributed by atoms with Gasteiger partial charge in [-0.1, -0.05) is 5.16 Å². The fraction of sp³-hybridized carbons (Fsp3) is 0.667. The zero-order valence-corrected chi connectivity index (χ0v) is 11.1. The van der Waals surface area contributed by atoms with Gasteiger partial charge in [0, 0.05) is 31.5 Å². The third-order valence-corrected chi connectivity index (χ3v) is 3.55. The van der Waals surface area contributed by atoms with Crippen molar-refractivity contribution in [2.24, 2.45) is 0 Å². The molecule has 2 rings (SSSR count). The first-order valence-corrected chi connectivity index (χ1v) is 6.83. The van der Waals surface area contributed by atoms with E-state index >= 15 is 0 Å². The molecule has 0 radical (unpaired) electrons. The summed E-state index contributed by atoms with van der Waals surface area (Å²) >= 11 is 4.07. The van der Waals surface area contributed by atoms with Crippen LogP contribution < -0.4 is 0 Å². The molecule has 1 N–H and O–H groups in total. The molecule has 0 unspecified atom stereocenters. The molecule has 0 atom stereocenters. The summed E-state index contributed by atoms with van der Waals surface area (Å²) in [4.78, 5) is 13.6. The molecule has 5 nitrogen and oxygen atoms in total. The summed E-state index contributed by atoms with van der Waals surface area (Å²) in [6, 6.07) is 1.80. The van der Waals surface area contributed by atoms with Crippen molar-refractivity contribution in [2.75, 3.05) is 18.8 Å². The van der Waals surface area contributed by atoms with E-state index in [9.17, 15) is 4.79 Å². The normalized spacial score (nSPS) is 17.1. The second-order valence-electron chi connectivity index (χ2n) is 4.50. The van der Waals surface area contributed by atoms with Gasteiger partial charge < -0.3 is 14.5 Å². The van der Waals surface area contributed by atoms with Gasteiger partial charge in [-0.15, -0.1) is 0 Å². The Kier molecular flexibility index (Phi) is 4.66. The Hall–Kier alpha value is -1.01. The number of thiol groups is 1. The summed E-state index contributed by atoms with van der Waals surface area (Å²) in [5, 5.41) is 12.9. The predicted molar refractivity (Wildman–Crippen MR) is 69.5 cm³/mol. The number of aliphatic hydroxyl groups is 1. The van der Waals surface area contributed by atoms with Gasteiger partial charge in [-0.3, -0.25) is 4.79 Å². The Bertz CT molecular complexity index is 400. The smallest absolute Gasteiger partial charge is 0.223 e. The van der Waals surface area contributed by atoms with E-state index < -0.39 is 0 Å². The number of piperidine rings is 1. The third-order valence-electron chi connectivity index (χ3n) is 3.32. The maximum atomic E-state index is 11.7. The third kappa shape index (κ3) is 3.05. The molecule has 18 heavy (non-hydrogen) atoms. The molecule has 1 saturated heterocycles. The lowest BCUT2D eigenvalue weighted by atomic mass is 9.93. The number of likely N-dealkylation sites (tertiary alicyclic amines) is 1. The van der Waals surface area contributed by atoms with Gasteiger partial charge in [0.05, 0.1) is 5.69 Å². The fourth-order valence-electron chi connectivity index (χ4n) is 2.27. The molecule has 0 aliphatic carbocycles. The van der Waals surface area contributed by atoms with Crippen LogP contribution in [-0.2, 0) is 11.4 Å². The van der Waals surface area contributed by atoms with E-state index in [1.165, 1.54) is 0 Å². The molecule has 1 amide bonds. The molecular formula is C12H18N2O3S. The number of nitrogens with zero attached hydrogens (tertiary/aromatic N) is 2. The maximum Gasteiger partial charge on any atom is 0.223 e. The minimum atomic E-state index is -0.119. The maximum absolute atomic E-state index is 11.7. The van der Waals surface area contributed by atoms with Crippen LogP contribution in [0.5, 0.6) is 0 Å². The van der Waals surface area contributed by atoms with Gasteiger partial charge in [0.2, 0.25) is 5.91 Å². The first-order chi connectivity index (χ1) is 8.74. The van der Waals surface area contributed by atoms with Crippen LogP contribution in [0.4, 0.5) is 0 Å². The molecule has 1 aliphatic heterocycles. The summed E-state index contributed by atoms with van der Waals surface area (Å²) in [6.45, 7) is 1.41. The Labute approximate surface area is 112 Å². The summed E-state index contributed by atoms with van der Waals surface area (Å²) in [6.07, 6.45) is 2.30. The molecule has 1 aliphatic rings. The molecule has 0 spiro atoms. The fourth-order valence-corrected chi connectivity index (χ4v) is 2.47. The quantitative estimate of drug-likeness (QED) is 0.807. The SMILES string of the molecule is O=C(CCS)N1CCC(c2cc(CO)on2)CC1. The van der Waals surface area contributed by atoms with Gasteiger partial charge in [0.25, 0.3) is 0 Å². The minimum Gasteiger partial charge on any atom is -0.388 e. The van der Waals surface area contributed by atoms with E-state index in [4.69, 9.17) is 9.63 Å². The van der Waals surface area contributed by atoms with Crippen LogP contribution >= 0.6 is 12.6 Å². The molecule has 100 valence electrons. The van der Waals surface area contributed by atoms with E-state index in [1.54, 1.807) is 6.07 Å². The van der Waals surface area contributed by atoms with Crippen molar-refractivity contribution >= 4 is 18.5 Å². The number of carbonyl (C=O) groups excluding carboxylic acids is 1. The second-order valence-corrected chi connectivity index (χ2v) is 4.95. The summed E-state index contributed by atoms with van der Waals surface area (Å²) in [7, 11) is 0. The second kappa shape index (κ2) is 6.24. The lowest BCUT2D eigenvalue weighted by Crippen LogP contribution is -2.38. The number of rotatable bonds is 4. The van der Waals surface area contributed by atoms with Crippen LogP contribution in [-0.4, -0.2) is 39.9 Å².